The average molecular weight is 716 g/mol. The fraction of sp³-hybridized carbons (Fsp3) is 0.927. The maximum Gasteiger partial charge on any atom is 0.267 e. The van der Waals surface area contributed by atoms with Gasteiger partial charge < -0.3 is 15.5 Å². The highest BCUT2D eigenvalue weighted by atomic mass is 32.2. The van der Waals surface area contributed by atoms with E-state index in [-0.39, 0.29) is 6.42 Å². The van der Waals surface area contributed by atoms with Crippen LogP contribution in [0.5, 0.6) is 0 Å². The Hall–Kier alpha value is -0.960. The maximum absolute atomic E-state index is 12.6. The van der Waals surface area contributed by atoms with Gasteiger partial charge in [0.25, 0.3) is 10.1 Å². The van der Waals surface area contributed by atoms with E-state index in [0.29, 0.717) is 6.42 Å². The third-order valence-electron chi connectivity index (χ3n) is 9.82. The zero-order valence-corrected chi connectivity index (χ0v) is 33.0. The molecule has 0 rings (SSSR count). The SMILES string of the molecule is CCCCCCCCCCCCCC/C=C/C(O)C(CS(=O)(=O)O)NC(=O)C(O)CCCCCCCCCCCCCCCCCCCC. The molecular weight excluding hydrogens is 635 g/mol. The summed E-state index contributed by atoms with van der Waals surface area (Å²) < 4.78 is 32.5. The van der Waals surface area contributed by atoms with Crippen LogP contribution in [-0.2, 0) is 14.9 Å². The van der Waals surface area contributed by atoms with Gasteiger partial charge in [0.2, 0.25) is 5.91 Å². The molecule has 7 nitrogen and oxygen atoms in total. The molecule has 1 amide bonds. The highest BCUT2D eigenvalue weighted by molar-refractivity contribution is 7.85. The zero-order valence-electron chi connectivity index (χ0n) is 32.2. The highest BCUT2D eigenvalue weighted by Gasteiger charge is 2.27. The Kier molecular flexibility index (Phi) is 34.7. The molecule has 3 atom stereocenters. The molecule has 8 heteroatoms. The Bertz CT molecular complexity index is 849. The van der Waals surface area contributed by atoms with Crippen molar-refractivity contribution in [2.45, 2.75) is 238 Å². The highest BCUT2D eigenvalue weighted by Crippen LogP contribution is 2.16. The molecule has 4 N–H and O–H groups in total. The van der Waals surface area contributed by atoms with E-state index in [2.05, 4.69) is 19.2 Å². The second-order valence-electron chi connectivity index (χ2n) is 14.8. The number of aliphatic hydroxyl groups is 2. The predicted molar refractivity (Wildman–Crippen MR) is 209 cm³/mol. The topological polar surface area (TPSA) is 124 Å². The van der Waals surface area contributed by atoms with E-state index in [4.69, 9.17) is 0 Å². The number of hydrogen-bond donors (Lipinski definition) is 4. The fourth-order valence-corrected chi connectivity index (χ4v) is 7.31. The van der Waals surface area contributed by atoms with Crippen LogP contribution in [0.4, 0.5) is 0 Å². The molecule has 0 aliphatic heterocycles. The van der Waals surface area contributed by atoms with E-state index in [1.54, 1.807) is 6.08 Å². The van der Waals surface area contributed by atoms with Crippen molar-refractivity contribution in [1.29, 1.82) is 0 Å². The summed E-state index contributed by atoms with van der Waals surface area (Å²) in [4.78, 5) is 12.6. The van der Waals surface area contributed by atoms with Crippen LogP contribution >= 0.6 is 0 Å². The third kappa shape index (κ3) is 35.2. The Balaban J connectivity index is 3.98. The van der Waals surface area contributed by atoms with E-state index < -0.39 is 40.0 Å². The van der Waals surface area contributed by atoms with Crippen LogP contribution in [-0.4, -0.2) is 53.1 Å². The lowest BCUT2D eigenvalue weighted by Crippen LogP contribution is -2.50. The van der Waals surface area contributed by atoms with Crippen molar-refractivity contribution < 1.29 is 28.0 Å². The van der Waals surface area contributed by atoms with Crippen molar-refractivity contribution in [3.63, 3.8) is 0 Å². The second-order valence-corrected chi connectivity index (χ2v) is 16.3. The number of nitrogens with one attached hydrogen (secondary N) is 1. The minimum atomic E-state index is -4.43. The molecule has 0 aromatic rings. The van der Waals surface area contributed by atoms with E-state index in [9.17, 15) is 28.0 Å². The normalized spacial score (nSPS) is 14.0. The molecule has 0 saturated heterocycles. The monoisotopic (exact) mass is 716 g/mol. The van der Waals surface area contributed by atoms with Crippen molar-refractivity contribution in [3.05, 3.63) is 12.2 Å². The molecule has 0 saturated carbocycles. The summed E-state index contributed by atoms with van der Waals surface area (Å²) in [5, 5.41) is 23.4. The lowest BCUT2D eigenvalue weighted by molar-refractivity contribution is -0.130. The van der Waals surface area contributed by atoms with Crippen molar-refractivity contribution in [1.82, 2.24) is 5.32 Å². The van der Waals surface area contributed by atoms with Gasteiger partial charge in [0.1, 0.15) is 6.10 Å². The summed E-state index contributed by atoms with van der Waals surface area (Å²) in [7, 11) is -4.43. The number of rotatable bonds is 38. The van der Waals surface area contributed by atoms with E-state index in [1.165, 1.54) is 160 Å². The van der Waals surface area contributed by atoms with Gasteiger partial charge in [0.05, 0.1) is 17.9 Å². The van der Waals surface area contributed by atoms with E-state index in [0.717, 1.165) is 38.5 Å². The van der Waals surface area contributed by atoms with Crippen LogP contribution in [0.2, 0.25) is 0 Å². The van der Waals surface area contributed by atoms with Gasteiger partial charge in [0.15, 0.2) is 0 Å². The molecule has 0 aliphatic rings. The van der Waals surface area contributed by atoms with Crippen LogP contribution < -0.4 is 5.32 Å². The Morgan fingerprint density at radius 3 is 1.22 bits per heavy atom. The number of carbonyl (C=O) groups excluding carboxylic acids is 1. The molecule has 0 fully saturated rings. The summed E-state index contributed by atoms with van der Waals surface area (Å²) in [6, 6.07) is -1.23. The van der Waals surface area contributed by atoms with Crippen molar-refractivity contribution in [2.24, 2.45) is 0 Å². The summed E-state index contributed by atoms with van der Waals surface area (Å²) in [6.45, 7) is 4.51. The first kappa shape index (κ1) is 48.0. The average Bonchev–Trinajstić information content (AvgIpc) is 3.06. The number of amides is 1. The minimum absolute atomic E-state index is 0.286. The van der Waals surface area contributed by atoms with E-state index in [1.807, 2.05) is 0 Å². The standard InChI is InChI=1S/C41H81NO6S/c1-3-5-7-9-11-13-15-17-19-20-21-22-24-26-28-30-32-34-36-40(44)41(45)42-38(37-49(46,47)48)39(43)35-33-31-29-27-25-23-18-16-14-12-10-8-6-4-2/h33,35,38-40,43-44H,3-32,34,36-37H2,1-2H3,(H,42,45)(H,46,47,48)/b35-33+. The van der Waals surface area contributed by atoms with Crippen LogP contribution in [0.3, 0.4) is 0 Å². The van der Waals surface area contributed by atoms with Gasteiger partial charge in [-0.3, -0.25) is 9.35 Å². The largest absolute Gasteiger partial charge is 0.387 e. The van der Waals surface area contributed by atoms with Crippen LogP contribution in [0, 0.1) is 0 Å². The van der Waals surface area contributed by atoms with Crippen molar-refractivity contribution >= 4 is 16.0 Å². The molecule has 0 aliphatic carbocycles. The first-order chi connectivity index (χ1) is 23.7. The molecule has 0 radical (unpaired) electrons. The lowest BCUT2D eigenvalue weighted by atomic mass is 10.0. The molecule has 0 bridgehead atoms. The van der Waals surface area contributed by atoms with Gasteiger partial charge in [-0.2, -0.15) is 8.42 Å². The van der Waals surface area contributed by atoms with Crippen LogP contribution in [0.15, 0.2) is 12.2 Å². The van der Waals surface area contributed by atoms with Gasteiger partial charge in [0, 0.05) is 0 Å². The number of aliphatic hydroxyl groups excluding tert-OH is 2. The third-order valence-corrected chi connectivity index (χ3v) is 10.6. The summed E-state index contributed by atoms with van der Waals surface area (Å²) in [6.07, 6.45) is 39.8. The number of carbonyl (C=O) groups is 1. The molecule has 0 heterocycles. The summed E-state index contributed by atoms with van der Waals surface area (Å²) in [5.41, 5.74) is 0. The number of allylic oxidation sites excluding steroid dienone is 1. The smallest absolute Gasteiger partial charge is 0.267 e. The van der Waals surface area contributed by atoms with Gasteiger partial charge in [-0.1, -0.05) is 212 Å². The Morgan fingerprint density at radius 1 is 0.551 bits per heavy atom. The fourth-order valence-electron chi connectivity index (χ4n) is 6.57. The van der Waals surface area contributed by atoms with Gasteiger partial charge in [-0.25, -0.2) is 0 Å². The zero-order chi connectivity index (χ0) is 36.3. The van der Waals surface area contributed by atoms with Crippen LogP contribution in [0.25, 0.3) is 0 Å². The molecule has 49 heavy (non-hydrogen) atoms. The second kappa shape index (κ2) is 35.4. The first-order valence-electron chi connectivity index (χ1n) is 21.0. The Labute approximate surface area is 304 Å². The number of hydrogen-bond acceptors (Lipinski definition) is 5. The Morgan fingerprint density at radius 2 is 0.878 bits per heavy atom. The van der Waals surface area contributed by atoms with Crippen LogP contribution in [0.1, 0.15) is 219 Å². The lowest BCUT2D eigenvalue weighted by Gasteiger charge is -2.22. The predicted octanol–water partition coefficient (Wildman–Crippen LogP) is 11.2. The van der Waals surface area contributed by atoms with Gasteiger partial charge in [-0.15, -0.1) is 0 Å². The van der Waals surface area contributed by atoms with Crippen molar-refractivity contribution in [2.75, 3.05) is 5.75 Å². The minimum Gasteiger partial charge on any atom is -0.387 e. The van der Waals surface area contributed by atoms with Crippen molar-refractivity contribution in [3.8, 4) is 0 Å². The number of unbranched alkanes of at least 4 members (excludes halogenated alkanes) is 29. The molecule has 0 aromatic heterocycles. The molecule has 292 valence electrons. The van der Waals surface area contributed by atoms with Gasteiger partial charge >= 0.3 is 0 Å². The quantitative estimate of drug-likeness (QED) is 0.0286. The van der Waals surface area contributed by atoms with E-state index >= 15 is 0 Å². The molecule has 0 spiro atoms. The summed E-state index contributed by atoms with van der Waals surface area (Å²) >= 11 is 0. The first-order valence-corrected chi connectivity index (χ1v) is 22.6. The molecule has 3 unspecified atom stereocenters. The van der Waals surface area contributed by atoms with Gasteiger partial charge in [-0.05, 0) is 19.3 Å². The molecule has 0 aromatic carbocycles. The maximum atomic E-state index is 12.6. The summed E-state index contributed by atoms with van der Waals surface area (Å²) in [5.74, 6) is -1.52. The molecular formula is C41H81NO6S.